The van der Waals surface area contributed by atoms with Crippen molar-refractivity contribution >= 4 is 5.97 Å². The van der Waals surface area contributed by atoms with Gasteiger partial charge in [-0.3, -0.25) is 0 Å². The molecule has 1 aliphatic carbocycles. The van der Waals surface area contributed by atoms with Gasteiger partial charge in [-0.05, 0) is 12.5 Å². The molecule has 4 nitrogen and oxygen atoms in total. The third-order valence-corrected chi connectivity index (χ3v) is 2.06. The number of hydrogen-bond donors (Lipinski definition) is 0. The summed E-state index contributed by atoms with van der Waals surface area (Å²) in [6.45, 7) is 0. The number of fused-ring (bicyclic) bond motifs is 2. The lowest BCUT2D eigenvalue weighted by atomic mass is 10.1. The lowest BCUT2D eigenvalue weighted by Crippen LogP contribution is -2.27. The van der Waals surface area contributed by atoms with Crippen LogP contribution in [0, 0.1) is 0 Å². The monoisotopic (exact) mass is 182 g/mol. The zero-order valence-corrected chi connectivity index (χ0v) is 7.23. The molecular formula is C9H10O4. The Kier molecular flexibility index (Phi) is 2.16. The molecule has 0 unspecified atom stereocenters. The Hall–Kier alpha value is -1.13. The third kappa shape index (κ3) is 1.50. The van der Waals surface area contributed by atoms with Crippen molar-refractivity contribution in [3.63, 3.8) is 0 Å². The number of esters is 1. The second-order valence-electron chi connectivity index (χ2n) is 2.93. The maximum absolute atomic E-state index is 11.2. The summed E-state index contributed by atoms with van der Waals surface area (Å²) < 4.78 is 4.62. The predicted molar refractivity (Wildman–Crippen MR) is 43.6 cm³/mol. The molecule has 3 aliphatic rings. The van der Waals surface area contributed by atoms with Gasteiger partial charge in [-0.2, -0.15) is 0 Å². The van der Waals surface area contributed by atoms with Gasteiger partial charge in [-0.15, -0.1) is 0 Å². The standard InChI is InChI=1S/C9H10O4/c1-11-9(10)7-5-6-3-2-4-8(7)13-12-6/h2,4-6,8H,3H2,1H3/t6-,8+/m1/s1. The Labute approximate surface area is 75.7 Å². The van der Waals surface area contributed by atoms with Crippen molar-refractivity contribution in [2.24, 2.45) is 0 Å². The van der Waals surface area contributed by atoms with Gasteiger partial charge in [0.2, 0.25) is 0 Å². The largest absolute Gasteiger partial charge is 0.466 e. The van der Waals surface area contributed by atoms with Crippen LogP contribution in [-0.4, -0.2) is 25.3 Å². The smallest absolute Gasteiger partial charge is 0.336 e. The van der Waals surface area contributed by atoms with E-state index in [1.165, 1.54) is 7.11 Å². The van der Waals surface area contributed by atoms with E-state index in [2.05, 4.69) is 4.74 Å². The molecule has 0 saturated carbocycles. The molecule has 0 fully saturated rings. The molecule has 0 radical (unpaired) electrons. The Morgan fingerprint density at radius 2 is 2.46 bits per heavy atom. The zero-order chi connectivity index (χ0) is 9.26. The van der Waals surface area contributed by atoms with E-state index in [-0.39, 0.29) is 12.1 Å². The molecule has 70 valence electrons. The second-order valence-corrected chi connectivity index (χ2v) is 2.93. The number of carbonyl (C=O) groups excluding carboxylic acids is 1. The summed E-state index contributed by atoms with van der Waals surface area (Å²) in [7, 11) is 1.35. The first-order valence-electron chi connectivity index (χ1n) is 4.10. The summed E-state index contributed by atoms with van der Waals surface area (Å²) in [4.78, 5) is 21.2. The highest BCUT2D eigenvalue weighted by Gasteiger charge is 2.30. The maximum Gasteiger partial charge on any atom is 0.336 e. The minimum atomic E-state index is -0.411. The molecule has 0 aromatic heterocycles. The fourth-order valence-corrected chi connectivity index (χ4v) is 1.39. The van der Waals surface area contributed by atoms with E-state index in [0.717, 1.165) is 6.42 Å². The van der Waals surface area contributed by atoms with E-state index in [1.807, 2.05) is 6.08 Å². The molecule has 2 bridgehead atoms. The molecule has 4 heteroatoms. The van der Waals surface area contributed by atoms with Gasteiger partial charge in [0.15, 0.2) is 0 Å². The van der Waals surface area contributed by atoms with Crippen molar-refractivity contribution in [1.29, 1.82) is 0 Å². The van der Waals surface area contributed by atoms with E-state index in [9.17, 15) is 4.79 Å². The molecule has 0 N–H and O–H groups in total. The minimum Gasteiger partial charge on any atom is -0.466 e. The van der Waals surface area contributed by atoms with Crippen LogP contribution in [0.25, 0.3) is 0 Å². The van der Waals surface area contributed by atoms with E-state index < -0.39 is 6.10 Å². The number of carbonyl (C=O) groups is 1. The molecular weight excluding hydrogens is 172 g/mol. The Bertz CT molecular complexity index is 279. The van der Waals surface area contributed by atoms with Crippen LogP contribution in [0.3, 0.4) is 0 Å². The van der Waals surface area contributed by atoms with Gasteiger partial charge in [0.1, 0.15) is 12.2 Å². The van der Waals surface area contributed by atoms with Gasteiger partial charge in [0.25, 0.3) is 0 Å². The number of rotatable bonds is 1. The molecule has 13 heavy (non-hydrogen) atoms. The van der Waals surface area contributed by atoms with Crippen molar-refractivity contribution in [2.75, 3.05) is 7.11 Å². The fourth-order valence-electron chi connectivity index (χ4n) is 1.39. The molecule has 2 atom stereocenters. The minimum absolute atomic E-state index is 0.163. The van der Waals surface area contributed by atoms with Gasteiger partial charge in [-0.25, -0.2) is 14.6 Å². The normalized spacial score (nSPS) is 31.0. The highest BCUT2D eigenvalue weighted by atomic mass is 17.2. The van der Waals surface area contributed by atoms with Crippen LogP contribution in [0.1, 0.15) is 6.42 Å². The van der Waals surface area contributed by atoms with E-state index >= 15 is 0 Å². The number of hydrogen-bond acceptors (Lipinski definition) is 4. The van der Waals surface area contributed by atoms with Crippen LogP contribution < -0.4 is 0 Å². The van der Waals surface area contributed by atoms with E-state index in [1.54, 1.807) is 12.2 Å². The van der Waals surface area contributed by atoms with Gasteiger partial charge in [0, 0.05) is 0 Å². The Balaban J connectivity index is 2.27. The molecule has 2 heterocycles. The van der Waals surface area contributed by atoms with Crippen LogP contribution in [0.2, 0.25) is 0 Å². The number of methoxy groups -OCH3 is 1. The molecule has 0 aromatic carbocycles. The van der Waals surface area contributed by atoms with Gasteiger partial charge < -0.3 is 4.74 Å². The van der Waals surface area contributed by atoms with Crippen LogP contribution in [0.4, 0.5) is 0 Å². The molecule has 0 amide bonds. The topological polar surface area (TPSA) is 44.8 Å². The van der Waals surface area contributed by atoms with Crippen molar-refractivity contribution in [1.82, 2.24) is 0 Å². The second kappa shape index (κ2) is 3.32. The zero-order valence-electron chi connectivity index (χ0n) is 7.23. The summed E-state index contributed by atoms with van der Waals surface area (Å²) in [6, 6.07) is 0. The summed E-state index contributed by atoms with van der Waals surface area (Å²) in [5.74, 6) is -0.357. The number of ether oxygens (including phenoxy) is 1. The third-order valence-electron chi connectivity index (χ3n) is 2.06. The van der Waals surface area contributed by atoms with Crippen LogP contribution in [0.5, 0.6) is 0 Å². The van der Waals surface area contributed by atoms with Crippen LogP contribution >= 0.6 is 0 Å². The SMILES string of the molecule is COC(=O)C1=C[C@H]2CC=C[C@@H]1OO2. The predicted octanol–water partition coefficient (Wildman–Crippen LogP) is 0.745. The highest BCUT2D eigenvalue weighted by molar-refractivity contribution is 5.90. The van der Waals surface area contributed by atoms with Crippen molar-refractivity contribution in [3.8, 4) is 0 Å². The summed E-state index contributed by atoms with van der Waals surface area (Å²) in [6.07, 6.45) is 5.65. The summed E-state index contributed by atoms with van der Waals surface area (Å²) in [5.41, 5.74) is 0.521. The summed E-state index contributed by atoms with van der Waals surface area (Å²) >= 11 is 0. The molecule has 2 aliphatic heterocycles. The van der Waals surface area contributed by atoms with E-state index in [4.69, 9.17) is 9.78 Å². The average Bonchev–Trinajstić information content (AvgIpc) is 2.50. The van der Waals surface area contributed by atoms with Gasteiger partial charge >= 0.3 is 5.97 Å². The van der Waals surface area contributed by atoms with Crippen molar-refractivity contribution < 1.29 is 19.3 Å². The lowest BCUT2D eigenvalue weighted by Gasteiger charge is -2.21. The molecule has 0 saturated heterocycles. The van der Waals surface area contributed by atoms with Gasteiger partial charge in [0.05, 0.1) is 12.7 Å². The van der Waals surface area contributed by atoms with Crippen molar-refractivity contribution in [3.05, 3.63) is 23.8 Å². The van der Waals surface area contributed by atoms with E-state index in [0.29, 0.717) is 5.57 Å². The van der Waals surface area contributed by atoms with Gasteiger partial charge in [-0.1, -0.05) is 12.2 Å². The van der Waals surface area contributed by atoms with Crippen LogP contribution in [-0.2, 0) is 19.3 Å². The quantitative estimate of drug-likeness (QED) is 0.341. The summed E-state index contributed by atoms with van der Waals surface area (Å²) in [5, 5.41) is 0. The molecule has 3 rings (SSSR count). The maximum atomic E-state index is 11.2. The molecule has 0 spiro atoms. The van der Waals surface area contributed by atoms with Crippen LogP contribution in [0.15, 0.2) is 23.8 Å². The highest BCUT2D eigenvalue weighted by Crippen LogP contribution is 2.24. The fraction of sp³-hybridized carbons (Fsp3) is 0.444. The lowest BCUT2D eigenvalue weighted by molar-refractivity contribution is -0.329. The van der Waals surface area contributed by atoms with Crippen molar-refractivity contribution in [2.45, 2.75) is 18.6 Å². The first-order valence-corrected chi connectivity index (χ1v) is 4.10. The molecule has 0 aromatic rings. The Morgan fingerprint density at radius 1 is 1.62 bits per heavy atom. The first-order chi connectivity index (χ1) is 6.31. The average molecular weight is 182 g/mol. The Morgan fingerprint density at radius 3 is 3.23 bits per heavy atom. The first kappa shape index (κ1) is 8.47.